The standard InChI is InChI=1S/C26H26F2N4O7/c1-3-19(33)31-7-6-18(31)26(37)39-23-21-25(36)32-13(2)12-38-20(32)11-30(21)10-16(22(23)34)24(35)29-9-14-4-5-15(27)8-17(14)28/h4-5,8,10,13,18,20H,3,6-7,9,11-12H2,1-2H3,(H,29,35)/t13-,18-,20+/m0/s1. The Morgan fingerprint density at radius 3 is 2.64 bits per heavy atom. The average molecular weight is 545 g/mol. The van der Waals surface area contributed by atoms with Gasteiger partial charge in [0.15, 0.2) is 11.9 Å². The molecule has 4 heterocycles. The van der Waals surface area contributed by atoms with Gasteiger partial charge in [-0.25, -0.2) is 13.6 Å². The Kier molecular flexibility index (Phi) is 6.93. The number of benzene rings is 1. The molecule has 5 rings (SSSR count). The van der Waals surface area contributed by atoms with Gasteiger partial charge in [-0.3, -0.25) is 19.2 Å². The first-order valence-electron chi connectivity index (χ1n) is 12.6. The van der Waals surface area contributed by atoms with Crippen LogP contribution in [0.3, 0.4) is 0 Å². The maximum absolute atomic E-state index is 14.0. The molecule has 11 nitrogen and oxygen atoms in total. The predicted octanol–water partition coefficient (Wildman–Crippen LogP) is 1.17. The van der Waals surface area contributed by atoms with Crippen LogP contribution in [0, 0.1) is 11.6 Å². The number of ether oxygens (including phenoxy) is 2. The van der Waals surface area contributed by atoms with E-state index in [0.29, 0.717) is 19.0 Å². The molecule has 206 valence electrons. The molecule has 2 aromatic rings. The zero-order valence-electron chi connectivity index (χ0n) is 21.2. The van der Waals surface area contributed by atoms with Crippen molar-refractivity contribution >= 4 is 23.7 Å². The van der Waals surface area contributed by atoms with E-state index >= 15 is 0 Å². The minimum Gasteiger partial charge on any atom is -0.418 e. The normalized spacial score (nSPS) is 21.6. The van der Waals surface area contributed by atoms with E-state index < -0.39 is 58.4 Å². The van der Waals surface area contributed by atoms with Crippen LogP contribution in [0.15, 0.2) is 29.2 Å². The quantitative estimate of drug-likeness (QED) is 0.541. The van der Waals surface area contributed by atoms with Crippen LogP contribution < -0.4 is 15.5 Å². The van der Waals surface area contributed by atoms with Gasteiger partial charge >= 0.3 is 5.97 Å². The molecular formula is C26H26F2N4O7. The minimum atomic E-state index is -1.01. The summed E-state index contributed by atoms with van der Waals surface area (Å²) in [6, 6.07) is 1.64. The van der Waals surface area contributed by atoms with E-state index in [4.69, 9.17) is 9.47 Å². The number of carbonyl (C=O) groups excluding carboxylic acids is 4. The van der Waals surface area contributed by atoms with Gasteiger partial charge in [-0.1, -0.05) is 13.0 Å². The van der Waals surface area contributed by atoms with Gasteiger partial charge in [-0.2, -0.15) is 0 Å². The van der Waals surface area contributed by atoms with E-state index in [1.54, 1.807) is 13.8 Å². The van der Waals surface area contributed by atoms with Crippen LogP contribution in [-0.2, 0) is 27.4 Å². The van der Waals surface area contributed by atoms with Crippen molar-refractivity contribution in [1.29, 1.82) is 0 Å². The Morgan fingerprint density at radius 1 is 1.21 bits per heavy atom. The van der Waals surface area contributed by atoms with E-state index in [1.807, 2.05) is 0 Å². The van der Waals surface area contributed by atoms with Crippen molar-refractivity contribution in [2.24, 2.45) is 0 Å². The number of hydrogen-bond donors (Lipinski definition) is 1. The summed E-state index contributed by atoms with van der Waals surface area (Å²) in [6.07, 6.45) is 1.02. The lowest BCUT2D eigenvalue weighted by atomic mass is 10.0. The number of nitrogens with zero attached hydrogens (tertiary/aromatic N) is 3. The van der Waals surface area contributed by atoms with E-state index in [-0.39, 0.29) is 49.3 Å². The van der Waals surface area contributed by atoms with Gasteiger partial charge in [0, 0.05) is 37.3 Å². The number of likely N-dealkylation sites (tertiary alicyclic amines) is 1. The SMILES string of the molecule is CCC(=O)N1CC[C@H]1C(=O)Oc1c2n(cc(C(=O)NCc3ccc(F)cc3F)c1=O)C[C@H]1OC[C@H](C)N1C2=O. The highest BCUT2D eigenvalue weighted by Crippen LogP contribution is 2.31. The molecule has 0 aliphatic carbocycles. The molecule has 0 saturated carbocycles. The third-order valence-corrected chi connectivity index (χ3v) is 7.16. The Balaban J connectivity index is 1.49. The molecule has 0 radical (unpaired) electrons. The van der Waals surface area contributed by atoms with Crippen molar-refractivity contribution in [3.05, 3.63) is 63.1 Å². The van der Waals surface area contributed by atoms with E-state index in [1.165, 1.54) is 20.6 Å². The first-order valence-corrected chi connectivity index (χ1v) is 12.6. The van der Waals surface area contributed by atoms with Gasteiger partial charge in [0.05, 0.1) is 19.2 Å². The van der Waals surface area contributed by atoms with Crippen LogP contribution in [0.1, 0.15) is 53.1 Å². The number of hydrogen-bond acceptors (Lipinski definition) is 7. The van der Waals surface area contributed by atoms with Crippen molar-refractivity contribution in [2.45, 2.75) is 58.1 Å². The van der Waals surface area contributed by atoms with Gasteiger partial charge in [-0.15, -0.1) is 0 Å². The minimum absolute atomic E-state index is 0.0145. The molecule has 0 spiro atoms. The van der Waals surface area contributed by atoms with Gasteiger partial charge < -0.3 is 29.2 Å². The first kappa shape index (κ1) is 26.5. The Bertz CT molecular complexity index is 1440. The number of rotatable bonds is 6. The van der Waals surface area contributed by atoms with Crippen LogP contribution in [0.25, 0.3) is 0 Å². The number of halogens is 2. The predicted molar refractivity (Wildman–Crippen MR) is 130 cm³/mol. The topological polar surface area (TPSA) is 127 Å². The monoisotopic (exact) mass is 544 g/mol. The van der Waals surface area contributed by atoms with Gasteiger partial charge in [-0.05, 0) is 19.4 Å². The lowest BCUT2D eigenvalue weighted by molar-refractivity contribution is -0.155. The average Bonchev–Trinajstić information content (AvgIpc) is 3.24. The highest BCUT2D eigenvalue weighted by molar-refractivity contribution is 6.00. The second-order valence-electron chi connectivity index (χ2n) is 9.64. The summed E-state index contributed by atoms with van der Waals surface area (Å²) in [7, 11) is 0. The molecule has 3 aliphatic rings. The van der Waals surface area contributed by atoms with Crippen LogP contribution in [0.2, 0.25) is 0 Å². The van der Waals surface area contributed by atoms with Crippen LogP contribution in [-0.4, -0.2) is 69.5 Å². The van der Waals surface area contributed by atoms with Crippen molar-refractivity contribution < 1.29 is 37.4 Å². The molecule has 3 aliphatic heterocycles. The number of aromatic nitrogens is 1. The lowest BCUT2D eigenvalue weighted by Crippen LogP contribution is -2.56. The van der Waals surface area contributed by atoms with E-state index in [2.05, 4.69) is 5.32 Å². The second kappa shape index (κ2) is 10.2. The summed E-state index contributed by atoms with van der Waals surface area (Å²) in [5, 5.41) is 2.41. The molecule has 1 aromatic heterocycles. The van der Waals surface area contributed by atoms with Crippen molar-refractivity contribution in [3.8, 4) is 5.75 Å². The van der Waals surface area contributed by atoms with Gasteiger partial charge in [0.2, 0.25) is 17.1 Å². The van der Waals surface area contributed by atoms with E-state index in [0.717, 1.165) is 12.1 Å². The van der Waals surface area contributed by atoms with Gasteiger partial charge in [0.25, 0.3) is 11.8 Å². The maximum Gasteiger partial charge on any atom is 0.334 e. The van der Waals surface area contributed by atoms with Crippen LogP contribution in [0.5, 0.6) is 5.75 Å². The molecule has 13 heteroatoms. The summed E-state index contributed by atoms with van der Waals surface area (Å²) in [6.45, 7) is 3.75. The number of fused-ring (bicyclic) bond motifs is 2. The molecule has 39 heavy (non-hydrogen) atoms. The zero-order chi connectivity index (χ0) is 28.0. The molecular weight excluding hydrogens is 518 g/mol. The maximum atomic E-state index is 14.0. The Labute approximate surface area is 221 Å². The van der Waals surface area contributed by atoms with E-state index in [9.17, 15) is 32.8 Å². The largest absolute Gasteiger partial charge is 0.418 e. The van der Waals surface area contributed by atoms with Crippen LogP contribution in [0.4, 0.5) is 8.78 Å². The summed E-state index contributed by atoms with van der Waals surface area (Å²) < 4.78 is 39.7. The smallest absolute Gasteiger partial charge is 0.334 e. The molecule has 1 aromatic carbocycles. The third-order valence-electron chi connectivity index (χ3n) is 7.16. The number of esters is 1. The second-order valence-corrected chi connectivity index (χ2v) is 9.64. The molecule has 0 bridgehead atoms. The molecule has 2 saturated heterocycles. The first-order chi connectivity index (χ1) is 18.6. The molecule has 3 atom stereocenters. The van der Waals surface area contributed by atoms with Crippen molar-refractivity contribution in [3.63, 3.8) is 0 Å². The zero-order valence-corrected chi connectivity index (χ0v) is 21.2. The molecule has 1 N–H and O–H groups in total. The number of nitrogens with one attached hydrogen (secondary N) is 1. The summed E-state index contributed by atoms with van der Waals surface area (Å²) in [5.41, 5.74) is -1.69. The summed E-state index contributed by atoms with van der Waals surface area (Å²) in [4.78, 5) is 67.9. The number of pyridine rings is 1. The summed E-state index contributed by atoms with van der Waals surface area (Å²) in [5.74, 6) is -4.96. The molecule has 2 fully saturated rings. The highest BCUT2D eigenvalue weighted by atomic mass is 19.1. The van der Waals surface area contributed by atoms with Crippen molar-refractivity contribution in [2.75, 3.05) is 13.2 Å². The fraction of sp³-hybridized carbons (Fsp3) is 0.423. The molecule has 0 unspecified atom stereocenters. The highest BCUT2D eigenvalue weighted by Gasteiger charge is 2.45. The fourth-order valence-corrected chi connectivity index (χ4v) is 4.96. The van der Waals surface area contributed by atoms with Crippen molar-refractivity contribution in [1.82, 2.24) is 19.7 Å². The fourth-order valence-electron chi connectivity index (χ4n) is 4.96. The summed E-state index contributed by atoms with van der Waals surface area (Å²) >= 11 is 0. The van der Waals surface area contributed by atoms with Crippen LogP contribution >= 0.6 is 0 Å². The third kappa shape index (κ3) is 4.67. The Hall–Kier alpha value is -4.13. The van der Waals surface area contributed by atoms with Gasteiger partial charge in [0.1, 0.15) is 23.2 Å². The lowest BCUT2D eigenvalue weighted by Gasteiger charge is -2.39. The Morgan fingerprint density at radius 2 is 1.97 bits per heavy atom. The number of amides is 3. The number of carbonyl (C=O) groups is 4. The molecule has 3 amide bonds.